The van der Waals surface area contributed by atoms with Crippen LogP contribution in [0.2, 0.25) is 0 Å². The Balaban J connectivity index is 2.27. The standard InChI is InChI=1S/C18H35N3O2/c1-4-19-18(20-11-10-16-8-6-5-7-9-16)21-12-17(22)14-23-13-15(2)3/h8,15,17,22H,4-7,9-14H2,1-3H3,(H2,19,20,21). The molecule has 0 aromatic rings. The molecular formula is C18H35N3O2. The second-order valence-electron chi connectivity index (χ2n) is 6.59. The summed E-state index contributed by atoms with van der Waals surface area (Å²) in [7, 11) is 0. The highest BCUT2D eigenvalue weighted by Gasteiger charge is 2.07. The van der Waals surface area contributed by atoms with E-state index in [-0.39, 0.29) is 0 Å². The lowest BCUT2D eigenvalue weighted by Crippen LogP contribution is -2.38. The molecule has 0 saturated carbocycles. The van der Waals surface area contributed by atoms with Gasteiger partial charge in [0.15, 0.2) is 5.96 Å². The number of allylic oxidation sites excluding steroid dienone is 1. The fraction of sp³-hybridized carbons (Fsp3) is 0.833. The molecule has 1 aliphatic rings. The number of aliphatic imine (C=N–C) groups is 1. The largest absolute Gasteiger partial charge is 0.389 e. The second kappa shape index (κ2) is 12.4. The van der Waals surface area contributed by atoms with Crippen molar-refractivity contribution in [2.75, 3.05) is 32.8 Å². The monoisotopic (exact) mass is 325 g/mol. The highest BCUT2D eigenvalue weighted by atomic mass is 16.5. The van der Waals surface area contributed by atoms with Crippen LogP contribution in [0.4, 0.5) is 0 Å². The van der Waals surface area contributed by atoms with E-state index in [4.69, 9.17) is 4.74 Å². The van der Waals surface area contributed by atoms with Gasteiger partial charge in [-0.1, -0.05) is 25.5 Å². The van der Waals surface area contributed by atoms with Gasteiger partial charge < -0.3 is 20.5 Å². The molecule has 0 spiro atoms. The summed E-state index contributed by atoms with van der Waals surface area (Å²) >= 11 is 0. The van der Waals surface area contributed by atoms with Crippen LogP contribution in [0, 0.1) is 5.92 Å². The first kappa shape index (κ1) is 20.0. The molecule has 0 aromatic carbocycles. The summed E-state index contributed by atoms with van der Waals surface area (Å²) in [4.78, 5) is 4.44. The smallest absolute Gasteiger partial charge is 0.191 e. The summed E-state index contributed by atoms with van der Waals surface area (Å²) in [6, 6.07) is 0. The van der Waals surface area contributed by atoms with E-state index in [0.29, 0.717) is 25.7 Å². The van der Waals surface area contributed by atoms with E-state index in [1.807, 2.05) is 6.92 Å². The highest BCUT2D eigenvalue weighted by molar-refractivity contribution is 5.79. The molecule has 0 bridgehead atoms. The average molecular weight is 325 g/mol. The SMILES string of the molecule is CCNC(=NCC(O)COCC(C)C)NCCC1=CCCCC1. The van der Waals surface area contributed by atoms with E-state index in [9.17, 15) is 5.11 Å². The van der Waals surface area contributed by atoms with Gasteiger partial charge in [-0.2, -0.15) is 0 Å². The third-order valence-electron chi connectivity index (χ3n) is 3.69. The molecule has 23 heavy (non-hydrogen) atoms. The maximum Gasteiger partial charge on any atom is 0.191 e. The van der Waals surface area contributed by atoms with Gasteiger partial charge >= 0.3 is 0 Å². The summed E-state index contributed by atoms with van der Waals surface area (Å²) in [6.45, 7) is 9.31. The molecule has 0 aliphatic heterocycles. The first-order valence-corrected chi connectivity index (χ1v) is 9.07. The van der Waals surface area contributed by atoms with Crippen molar-refractivity contribution in [3.8, 4) is 0 Å². The van der Waals surface area contributed by atoms with E-state index in [0.717, 1.165) is 25.5 Å². The summed E-state index contributed by atoms with van der Waals surface area (Å²) < 4.78 is 5.44. The number of guanidine groups is 1. The molecule has 0 aromatic heterocycles. The lowest BCUT2D eigenvalue weighted by Gasteiger charge is -2.16. The molecule has 1 unspecified atom stereocenters. The van der Waals surface area contributed by atoms with Crippen molar-refractivity contribution in [3.05, 3.63) is 11.6 Å². The third-order valence-corrected chi connectivity index (χ3v) is 3.69. The zero-order chi connectivity index (χ0) is 16.9. The Morgan fingerprint density at radius 2 is 2.13 bits per heavy atom. The predicted molar refractivity (Wildman–Crippen MR) is 96.8 cm³/mol. The topological polar surface area (TPSA) is 65.9 Å². The van der Waals surface area contributed by atoms with Gasteiger partial charge in [-0.15, -0.1) is 0 Å². The van der Waals surface area contributed by atoms with E-state index >= 15 is 0 Å². The fourth-order valence-electron chi connectivity index (χ4n) is 2.50. The molecule has 0 heterocycles. The summed E-state index contributed by atoms with van der Waals surface area (Å²) in [5.41, 5.74) is 1.56. The summed E-state index contributed by atoms with van der Waals surface area (Å²) in [5, 5.41) is 16.5. The highest BCUT2D eigenvalue weighted by Crippen LogP contribution is 2.19. The molecular weight excluding hydrogens is 290 g/mol. The van der Waals surface area contributed by atoms with Crippen LogP contribution >= 0.6 is 0 Å². The van der Waals surface area contributed by atoms with Crippen LogP contribution in [-0.4, -0.2) is 50.0 Å². The van der Waals surface area contributed by atoms with Crippen LogP contribution in [0.1, 0.15) is 52.9 Å². The number of aliphatic hydroxyl groups is 1. The minimum absolute atomic E-state index is 0.341. The Labute approximate surface area is 141 Å². The number of ether oxygens (including phenoxy) is 1. The molecule has 0 radical (unpaired) electrons. The number of rotatable bonds is 10. The molecule has 5 heteroatoms. The molecule has 1 atom stereocenters. The number of nitrogens with one attached hydrogen (secondary N) is 2. The normalized spacial score (nSPS) is 17.1. The maximum atomic E-state index is 9.91. The van der Waals surface area contributed by atoms with Crippen molar-refractivity contribution in [2.24, 2.45) is 10.9 Å². The molecule has 1 rings (SSSR count). The van der Waals surface area contributed by atoms with Crippen molar-refractivity contribution < 1.29 is 9.84 Å². The third kappa shape index (κ3) is 10.3. The molecule has 3 N–H and O–H groups in total. The first-order chi connectivity index (χ1) is 11.1. The number of nitrogens with zero attached hydrogens (tertiary/aromatic N) is 1. The summed E-state index contributed by atoms with van der Waals surface area (Å²) in [6.07, 6.45) is 8.02. The first-order valence-electron chi connectivity index (χ1n) is 9.07. The minimum atomic E-state index is -0.551. The van der Waals surface area contributed by atoms with Crippen molar-refractivity contribution >= 4 is 5.96 Å². The van der Waals surface area contributed by atoms with Crippen LogP contribution in [0.15, 0.2) is 16.6 Å². The van der Waals surface area contributed by atoms with Gasteiger partial charge in [0.25, 0.3) is 0 Å². The van der Waals surface area contributed by atoms with E-state index in [1.165, 1.54) is 25.7 Å². The summed E-state index contributed by atoms with van der Waals surface area (Å²) in [5.74, 6) is 1.26. The Bertz CT molecular complexity index is 367. The lowest BCUT2D eigenvalue weighted by molar-refractivity contribution is 0.0301. The lowest BCUT2D eigenvalue weighted by atomic mass is 9.97. The van der Waals surface area contributed by atoms with Crippen LogP contribution in [0.5, 0.6) is 0 Å². The van der Waals surface area contributed by atoms with Gasteiger partial charge in [0.05, 0.1) is 19.3 Å². The predicted octanol–water partition coefficient (Wildman–Crippen LogP) is 2.47. The maximum absolute atomic E-state index is 9.91. The van der Waals surface area contributed by atoms with Crippen LogP contribution in [0.3, 0.4) is 0 Å². The fourth-order valence-corrected chi connectivity index (χ4v) is 2.50. The zero-order valence-electron chi connectivity index (χ0n) is 15.1. The molecule has 0 saturated heterocycles. The Morgan fingerprint density at radius 1 is 1.30 bits per heavy atom. The molecule has 1 aliphatic carbocycles. The van der Waals surface area contributed by atoms with Gasteiger partial charge in [-0.25, -0.2) is 0 Å². The van der Waals surface area contributed by atoms with E-state index in [2.05, 4.69) is 35.5 Å². The molecule has 134 valence electrons. The molecule has 0 fully saturated rings. The Hall–Kier alpha value is -1.07. The zero-order valence-corrected chi connectivity index (χ0v) is 15.1. The van der Waals surface area contributed by atoms with Crippen molar-refractivity contribution in [1.29, 1.82) is 0 Å². The van der Waals surface area contributed by atoms with Crippen LogP contribution in [-0.2, 0) is 4.74 Å². The van der Waals surface area contributed by atoms with Crippen molar-refractivity contribution in [2.45, 2.75) is 59.0 Å². The van der Waals surface area contributed by atoms with Crippen LogP contribution in [0.25, 0.3) is 0 Å². The molecule has 5 nitrogen and oxygen atoms in total. The van der Waals surface area contributed by atoms with Gasteiger partial charge in [0, 0.05) is 19.7 Å². The quantitative estimate of drug-likeness (QED) is 0.328. The second-order valence-corrected chi connectivity index (χ2v) is 6.59. The van der Waals surface area contributed by atoms with Crippen molar-refractivity contribution in [1.82, 2.24) is 10.6 Å². The van der Waals surface area contributed by atoms with Crippen LogP contribution < -0.4 is 10.6 Å². The van der Waals surface area contributed by atoms with Gasteiger partial charge in [-0.3, -0.25) is 4.99 Å². The number of aliphatic hydroxyl groups excluding tert-OH is 1. The van der Waals surface area contributed by atoms with E-state index in [1.54, 1.807) is 5.57 Å². The number of hydrogen-bond acceptors (Lipinski definition) is 3. The molecule has 0 amide bonds. The van der Waals surface area contributed by atoms with Gasteiger partial charge in [-0.05, 0) is 44.9 Å². The minimum Gasteiger partial charge on any atom is -0.389 e. The van der Waals surface area contributed by atoms with E-state index < -0.39 is 6.10 Å². The Kier molecular flexibility index (Phi) is 10.7. The number of hydrogen-bond donors (Lipinski definition) is 3. The van der Waals surface area contributed by atoms with Gasteiger partial charge in [0.1, 0.15) is 0 Å². The van der Waals surface area contributed by atoms with Crippen molar-refractivity contribution in [3.63, 3.8) is 0 Å². The average Bonchev–Trinajstić information content (AvgIpc) is 2.53. The Morgan fingerprint density at radius 3 is 2.78 bits per heavy atom. The van der Waals surface area contributed by atoms with Gasteiger partial charge in [0.2, 0.25) is 0 Å².